The molecule has 0 radical (unpaired) electrons. The van der Waals surface area contributed by atoms with Gasteiger partial charge in [-0.05, 0) is 31.5 Å². The Morgan fingerprint density at radius 1 is 1.27 bits per heavy atom. The molecule has 1 atom stereocenters. The van der Waals surface area contributed by atoms with E-state index >= 15 is 0 Å². The normalized spacial score (nSPS) is 18.5. The number of nitrogens with zero attached hydrogens (tertiary/aromatic N) is 4. The van der Waals surface area contributed by atoms with E-state index in [1.165, 1.54) is 5.56 Å². The molecule has 6 heteroatoms. The number of aromatic nitrogens is 2. The fraction of sp³-hybridized carbons (Fsp3) is 0.500. The van der Waals surface area contributed by atoms with Gasteiger partial charge < -0.3 is 4.52 Å². The van der Waals surface area contributed by atoms with Crippen LogP contribution in [0.25, 0.3) is 0 Å². The molecule has 5 nitrogen and oxygen atoms in total. The van der Waals surface area contributed by atoms with E-state index in [-0.39, 0.29) is 6.04 Å². The van der Waals surface area contributed by atoms with Crippen molar-refractivity contribution in [2.75, 3.05) is 26.2 Å². The molecular weight excluding hydrogens is 300 g/mol. The SMILES string of the molecule is Cc1noc(C(C)N2CCN(Cc3cccc(Cl)c3)CC2)n1. The predicted molar refractivity (Wildman–Crippen MR) is 85.8 cm³/mol. The average molecular weight is 321 g/mol. The highest BCUT2D eigenvalue weighted by atomic mass is 35.5. The van der Waals surface area contributed by atoms with Gasteiger partial charge in [-0.1, -0.05) is 28.9 Å². The summed E-state index contributed by atoms with van der Waals surface area (Å²) < 4.78 is 5.28. The lowest BCUT2D eigenvalue weighted by atomic mass is 10.2. The molecule has 3 rings (SSSR count). The molecule has 118 valence electrons. The van der Waals surface area contributed by atoms with Gasteiger partial charge in [-0.2, -0.15) is 4.98 Å². The van der Waals surface area contributed by atoms with Gasteiger partial charge in [-0.15, -0.1) is 0 Å². The molecule has 22 heavy (non-hydrogen) atoms. The molecule has 0 spiro atoms. The first-order valence-corrected chi connectivity index (χ1v) is 8.00. The van der Waals surface area contributed by atoms with Crippen LogP contribution in [-0.2, 0) is 6.54 Å². The van der Waals surface area contributed by atoms with Crippen molar-refractivity contribution in [2.24, 2.45) is 0 Å². The maximum absolute atomic E-state index is 6.05. The maximum Gasteiger partial charge on any atom is 0.243 e. The zero-order valence-electron chi connectivity index (χ0n) is 13.0. The van der Waals surface area contributed by atoms with Crippen molar-refractivity contribution in [3.05, 3.63) is 46.6 Å². The molecule has 2 aromatic rings. The van der Waals surface area contributed by atoms with Crippen LogP contribution in [0.1, 0.15) is 30.2 Å². The first kappa shape index (κ1) is 15.5. The summed E-state index contributed by atoms with van der Waals surface area (Å²) >= 11 is 6.05. The summed E-state index contributed by atoms with van der Waals surface area (Å²) in [5.74, 6) is 1.40. The third-order valence-electron chi connectivity index (χ3n) is 4.15. The molecule has 1 aliphatic heterocycles. The van der Waals surface area contributed by atoms with Crippen LogP contribution in [0.5, 0.6) is 0 Å². The lowest BCUT2D eigenvalue weighted by molar-refractivity contribution is 0.0845. The third-order valence-corrected chi connectivity index (χ3v) is 4.39. The summed E-state index contributed by atoms with van der Waals surface area (Å²) in [5, 5.41) is 4.68. The first-order valence-electron chi connectivity index (χ1n) is 7.63. The van der Waals surface area contributed by atoms with Crippen molar-refractivity contribution >= 4 is 11.6 Å². The molecule has 0 saturated carbocycles. The Kier molecular flexibility index (Phi) is 4.76. The second kappa shape index (κ2) is 6.77. The van der Waals surface area contributed by atoms with E-state index in [0.29, 0.717) is 11.7 Å². The van der Waals surface area contributed by atoms with Gasteiger partial charge in [0.25, 0.3) is 0 Å². The molecular formula is C16H21ClN4O. The third kappa shape index (κ3) is 3.66. The van der Waals surface area contributed by atoms with Gasteiger partial charge in [-0.25, -0.2) is 0 Å². The minimum absolute atomic E-state index is 0.175. The lowest BCUT2D eigenvalue weighted by Gasteiger charge is -2.36. The Morgan fingerprint density at radius 3 is 2.68 bits per heavy atom. The first-order chi connectivity index (χ1) is 10.6. The Balaban J connectivity index is 1.54. The zero-order valence-corrected chi connectivity index (χ0v) is 13.8. The average Bonchev–Trinajstić information content (AvgIpc) is 2.94. The molecule has 0 N–H and O–H groups in total. The van der Waals surface area contributed by atoms with Crippen LogP contribution in [0, 0.1) is 6.92 Å². The Hall–Kier alpha value is -1.43. The van der Waals surface area contributed by atoms with Crippen LogP contribution < -0.4 is 0 Å². The molecule has 1 aromatic heterocycles. The molecule has 1 aliphatic rings. The standard InChI is InChI=1S/C16H21ClN4O/c1-12(16-18-13(2)19-22-16)21-8-6-20(7-9-21)11-14-4-3-5-15(17)10-14/h3-5,10,12H,6-9,11H2,1-2H3. The van der Waals surface area contributed by atoms with Crippen molar-refractivity contribution in [1.29, 1.82) is 0 Å². The van der Waals surface area contributed by atoms with Crippen LogP contribution in [0.4, 0.5) is 0 Å². The van der Waals surface area contributed by atoms with E-state index in [9.17, 15) is 0 Å². The summed E-state index contributed by atoms with van der Waals surface area (Å²) in [5.41, 5.74) is 1.27. The van der Waals surface area contributed by atoms with Crippen molar-refractivity contribution < 1.29 is 4.52 Å². The quantitative estimate of drug-likeness (QED) is 0.866. The monoisotopic (exact) mass is 320 g/mol. The van der Waals surface area contributed by atoms with Crippen molar-refractivity contribution in [2.45, 2.75) is 26.4 Å². The molecule has 1 saturated heterocycles. The predicted octanol–water partition coefficient (Wildman–Crippen LogP) is 2.91. The topological polar surface area (TPSA) is 45.4 Å². The maximum atomic E-state index is 6.05. The van der Waals surface area contributed by atoms with Crippen LogP contribution in [-0.4, -0.2) is 46.1 Å². The van der Waals surface area contributed by atoms with Crippen molar-refractivity contribution in [1.82, 2.24) is 19.9 Å². The van der Waals surface area contributed by atoms with E-state index in [0.717, 1.165) is 37.7 Å². The number of benzene rings is 1. The smallest absolute Gasteiger partial charge is 0.243 e. The van der Waals surface area contributed by atoms with Crippen LogP contribution in [0.2, 0.25) is 5.02 Å². The Bertz CT molecular complexity index is 622. The van der Waals surface area contributed by atoms with Crippen molar-refractivity contribution in [3.63, 3.8) is 0 Å². The molecule has 0 bridgehead atoms. The number of piperazine rings is 1. The molecule has 0 amide bonds. The molecule has 1 aromatic carbocycles. The summed E-state index contributed by atoms with van der Waals surface area (Å²) in [4.78, 5) is 9.18. The van der Waals surface area contributed by atoms with Gasteiger partial charge >= 0.3 is 0 Å². The molecule has 1 unspecified atom stereocenters. The van der Waals surface area contributed by atoms with Gasteiger partial charge in [0.05, 0.1) is 6.04 Å². The van der Waals surface area contributed by atoms with E-state index < -0.39 is 0 Å². The van der Waals surface area contributed by atoms with Crippen LogP contribution >= 0.6 is 11.6 Å². The van der Waals surface area contributed by atoms with Crippen LogP contribution in [0.3, 0.4) is 0 Å². The Labute approximate surface area is 135 Å². The van der Waals surface area contributed by atoms with Gasteiger partial charge in [0, 0.05) is 37.7 Å². The Morgan fingerprint density at radius 2 is 2.05 bits per heavy atom. The van der Waals surface area contributed by atoms with Gasteiger partial charge in [0.1, 0.15) is 0 Å². The lowest BCUT2D eigenvalue weighted by Crippen LogP contribution is -2.46. The largest absolute Gasteiger partial charge is 0.338 e. The summed E-state index contributed by atoms with van der Waals surface area (Å²) in [6.07, 6.45) is 0. The van der Waals surface area contributed by atoms with E-state index in [1.54, 1.807) is 0 Å². The fourth-order valence-corrected chi connectivity index (χ4v) is 3.05. The minimum atomic E-state index is 0.175. The highest BCUT2D eigenvalue weighted by Crippen LogP contribution is 2.21. The van der Waals surface area contributed by atoms with E-state index in [4.69, 9.17) is 16.1 Å². The zero-order chi connectivity index (χ0) is 15.5. The number of halogens is 1. The molecule has 2 heterocycles. The molecule has 1 fully saturated rings. The highest BCUT2D eigenvalue weighted by Gasteiger charge is 2.25. The summed E-state index contributed by atoms with van der Waals surface area (Å²) in [6, 6.07) is 8.26. The van der Waals surface area contributed by atoms with Crippen LogP contribution in [0.15, 0.2) is 28.8 Å². The minimum Gasteiger partial charge on any atom is -0.338 e. The van der Waals surface area contributed by atoms with Crippen molar-refractivity contribution in [3.8, 4) is 0 Å². The highest BCUT2D eigenvalue weighted by molar-refractivity contribution is 6.30. The fourth-order valence-electron chi connectivity index (χ4n) is 2.84. The number of hydrogen-bond donors (Lipinski definition) is 0. The number of aryl methyl sites for hydroxylation is 1. The van der Waals surface area contributed by atoms with Gasteiger partial charge in [0.15, 0.2) is 5.82 Å². The van der Waals surface area contributed by atoms with Gasteiger partial charge in [0.2, 0.25) is 5.89 Å². The van der Waals surface area contributed by atoms with Gasteiger partial charge in [-0.3, -0.25) is 9.80 Å². The second-order valence-electron chi connectivity index (χ2n) is 5.80. The number of rotatable bonds is 4. The second-order valence-corrected chi connectivity index (χ2v) is 6.23. The molecule has 0 aliphatic carbocycles. The summed E-state index contributed by atoms with van der Waals surface area (Å²) in [7, 11) is 0. The van der Waals surface area contributed by atoms with E-state index in [2.05, 4.69) is 32.9 Å². The summed E-state index contributed by atoms with van der Waals surface area (Å²) in [6.45, 7) is 8.99. The van der Waals surface area contributed by atoms with E-state index in [1.807, 2.05) is 25.1 Å². The number of hydrogen-bond acceptors (Lipinski definition) is 5.